The molecule has 1 unspecified atom stereocenters. The van der Waals surface area contributed by atoms with Gasteiger partial charge in [0.05, 0.1) is 17.4 Å². The van der Waals surface area contributed by atoms with Crippen molar-refractivity contribution in [2.45, 2.75) is 18.6 Å². The zero-order chi connectivity index (χ0) is 13.3. The number of anilines is 1. The molecule has 0 spiro atoms. The third-order valence-corrected chi connectivity index (χ3v) is 2.87. The second-order valence-corrected chi connectivity index (χ2v) is 4.19. The smallest absolute Gasteiger partial charge is 0.369 e. The fourth-order valence-corrected chi connectivity index (χ4v) is 1.95. The Morgan fingerprint density at radius 1 is 1.50 bits per heavy atom. The predicted molar refractivity (Wildman–Crippen MR) is 58.8 cm³/mol. The van der Waals surface area contributed by atoms with E-state index in [9.17, 15) is 13.2 Å². The monoisotopic (exact) mass is 256 g/mol. The predicted octanol–water partition coefficient (Wildman–Crippen LogP) is 1.51. The molecule has 96 valence electrons. The van der Waals surface area contributed by atoms with E-state index in [4.69, 9.17) is 11.0 Å². The Kier molecular flexibility index (Phi) is 3.13. The van der Waals surface area contributed by atoms with Crippen molar-refractivity contribution >= 4 is 5.69 Å². The second-order valence-electron chi connectivity index (χ2n) is 4.19. The highest BCUT2D eigenvalue weighted by Gasteiger charge is 2.35. The summed E-state index contributed by atoms with van der Waals surface area (Å²) in [6.45, 7) is 1.11. The molecule has 0 amide bonds. The van der Waals surface area contributed by atoms with E-state index in [-0.39, 0.29) is 6.04 Å². The molecule has 1 atom stereocenters. The lowest BCUT2D eigenvalue weighted by atomic mass is 10.1. The average molecular weight is 256 g/mol. The van der Waals surface area contributed by atoms with Gasteiger partial charge in [-0.15, -0.1) is 0 Å². The Labute approximate surface area is 102 Å². The molecule has 0 aromatic carbocycles. The zero-order valence-corrected chi connectivity index (χ0v) is 9.41. The first kappa shape index (κ1) is 12.6. The van der Waals surface area contributed by atoms with Crippen LogP contribution in [0, 0.1) is 11.3 Å². The van der Waals surface area contributed by atoms with Crippen LogP contribution in [0.15, 0.2) is 12.3 Å². The standard InChI is InChI=1S/C11H11F3N4/c12-11(13,14)9-3-8(5-17-10(9)4-15)18-2-1-7(16)6-18/h3,5,7H,1-2,6,16H2. The van der Waals surface area contributed by atoms with E-state index in [1.54, 1.807) is 4.90 Å². The molecule has 1 aromatic heterocycles. The molecule has 1 aliphatic rings. The van der Waals surface area contributed by atoms with Gasteiger partial charge in [-0.05, 0) is 12.5 Å². The Hall–Kier alpha value is -1.81. The Morgan fingerprint density at radius 2 is 2.22 bits per heavy atom. The zero-order valence-electron chi connectivity index (χ0n) is 9.41. The minimum atomic E-state index is -4.57. The second kappa shape index (κ2) is 4.46. The van der Waals surface area contributed by atoms with Crippen molar-refractivity contribution in [1.29, 1.82) is 5.26 Å². The molecule has 7 heteroatoms. The van der Waals surface area contributed by atoms with Crippen molar-refractivity contribution in [2.75, 3.05) is 18.0 Å². The van der Waals surface area contributed by atoms with Crippen LogP contribution in [0.3, 0.4) is 0 Å². The van der Waals surface area contributed by atoms with Crippen molar-refractivity contribution in [3.8, 4) is 6.07 Å². The number of nitriles is 1. The summed E-state index contributed by atoms with van der Waals surface area (Å²) in [6.07, 6.45) is -2.55. The van der Waals surface area contributed by atoms with Crippen molar-refractivity contribution in [2.24, 2.45) is 5.73 Å². The van der Waals surface area contributed by atoms with Crippen LogP contribution in [0.1, 0.15) is 17.7 Å². The summed E-state index contributed by atoms with van der Waals surface area (Å²) in [4.78, 5) is 5.31. The fraction of sp³-hybridized carbons (Fsp3) is 0.455. The molecule has 0 radical (unpaired) electrons. The number of aromatic nitrogens is 1. The molecule has 0 aliphatic carbocycles. The molecule has 0 bridgehead atoms. The molecule has 0 saturated carbocycles. The maximum atomic E-state index is 12.7. The summed E-state index contributed by atoms with van der Waals surface area (Å²) in [5.41, 5.74) is 4.46. The number of pyridine rings is 1. The van der Waals surface area contributed by atoms with E-state index in [1.165, 1.54) is 12.3 Å². The fourth-order valence-electron chi connectivity index (χ4n) is 1.95. The van der Waals surface area contributed by atoms with Gasteiger partial charge in [-0.3, -0.25) is 0 Å². The van der Waals surface area contributed by atoms with E-state index in [1.807, 2.05) is 0 Å². The molecule has 1 saturated heterocycles. The van der Waals surface area contributed by atoms with Gasteiger partial charge < -0.3 is 10.6 Å². The Morgan fingerprint density at radius 3 is 2.72 bits per heavy atom. The number of alkyl halides is 3. The largest absolute Gasteiger partial charge is 0.419 e. The van der Waals surface area contributed by atoms with E-state index < -0.39 is 17.4 Å². The first-order chi connectivity index (χ1) is 8.41. The highest BCUT2D eigenvalue weighted by Crippen LogP contribution is 2.33. The van der Waals surface area contributed by atoms with Crippen LogP contribution in [0.25, 0.3) is 0 Å². The quantitative estimate of drug-likeness (QED) is 0.827. The van der Waals surface area contributed by atoms with E-state index >= 15 is 0 Å². The van der Waals surface area contributed by atoms with Gasteiger partial charge in [-0.2, -0.15) is 18.4 Å². The van der Waals surface area contributed by atoms with Crippen LogP contribution >= 0.6 is 0 Å². The van der Waals surface area contributed by atoms with Gasteiger partial charge in [0.15, 0.2) is 5.69 Å². The summed E-state index contributed by atoms with van der Waals surface area (Å²) in [5.74, 6) is 0. The number of rotatable bonds is 1. The Balaban J connectivity index is 2.38. The van der Waals surface area contributed by atoms with Gasteiger partial charge in [0.25, 0.3) is 0 Å². The average Bonchev–Trinajstić information content (AvgIpc) is 2.74. The van der Waals surface area contributed by atoms with Crippen LogP contribution in [0.4, 0.5) is 18.9 Å². The van der Waals surface area contributed by atoms with Crippen molar-refractivity contribution in [3.05, 3.63) is 23.5 Å². The molecule has 18 heavy (non-hydrogen) atoms. The Bertz CT molecular complexity index is 492. The third kappa shape index (κ3) is 2.38. The van der Waals surface area contributed by atoms with Crippen molar-refractivity contribution < 1.29 is 13.2 Å². The summed E-state index contributed by atoms with van der Waals surface area (Å²) in [6, 6.07) is 2.38. The van der Waals surface area contributed by atoms with Crippen LogP contribution < -0.4 is 10.6 Å². The maximum Gasteiger partial charge on any atom is 0.419 e. The number of nitrogens with zero attached hydrogens (tertiary/aromatic N) is 3. The third-order valence-electron chi connectivity index (χ3n) is 2.87. The minimum Gasteiger partial charge on any atom is -0.369 e. The van der Waals surface area contributed by atoms with E-state index in [0.29, 0.717) is 18.8 Å². The molecule has 4 nitrogen and oxygen atoms in total. The summed E-state index contributed by atoms with van der Waals surface area (Å²) in [5, 5.41) is 8.63. The number of nitrogens with two attached hydrogens (primary N) is 1. The van der Waals surface area contributed by atoms with Crippen LogP contribution in [-0.4, -0.2) is 24.1 Å². The molecular formula is C11H11F3N4. The molecule has 1 aliphatic heterocycles. The van der Waals surface area contributed by atoms with E-state index in [2.05, 4.69) is 4.98 Å². The molecule has 1 fully saturated rings. The molecule has 2 heterocycles. The minimum absolute atomic E-state index is 0.0324. The van der Waals surface area contributed by atoms with Crippen LogP contribution in [0.2, 0.25) is 0 Å². The lowest BCUT2D eigenvalue weighted by Crippen LogP contribution is -2.26. The normalized spacial score (nSPS) is 19.9. The highest BCUT2D eigenvalue weighted by molar-refractivity contribution is 5.51. The van der Waals surface area contributed by atoms with Crippen LogP contribution in [-0.2, 0) is 6.18 Å². The van der Waals surface area contributed by atoms with Crippen molar-refractivity contribution in [3.63, 3.8) is 0 Å². The van der Waals surface area contributed by atoms with Gasteiger partial charge in [-0.1, -0.05) is 0 Å². The van der Waals surface area contributed by atoms with Gasteiger partial charge in [-0.25, -0.2) is 4.98 Å². The molecule has 2 N–H and O–H groups in total. The molecular weight excluding hydrogens is 245 g/mol. The highest BCUT2D eigenvalue weighted by atomic mass is 19.4. The summed E-state index contributed by atoms with van der Waals surface area (Å²) >= 11 is 0. The van der Waals surface area contributed by atoms with Gasteiger partial charge in [0, 0.05) is 19.1 Å². The number of hydrogen-bond acceptors (Lipinski definition) is 4. The first-order valence-electron chi connectivity index (χ1n) is 5.39. The summed E-state index contributed by atoms with van der Waals surface area (Å²) in [7, 11) is 0. The summed E-state index contributed by atoms with van der Waals surface area (Å²) < 4.78 is 38.2. The SMILES string of the molecule is N#Cc1ncc(N2CCC(N)C2)cc1C(F)(F)F. The lowest BCUT2D eigenvalue weighted by molar-refractivity contribution is -0.138. The topological polar surface area (TPSA) is 65.9 Å². The van der Waals surface area contributed by atoms with Gasteiger partial charge in [0.2, 0.25) is 0 Å². The van der Waals surface area contributed by atoms with Gasteiger partial charge in [0.1, 0.15) is 6.07 Å². The maximum absolute atomic E-state index is 12.7. The van der Waals surface area contributed by atoms with Crippen LogP contribution in [0.5, 0.6) is 0 Å². The lowest BCUT2D eigenvalue weighted by Gasteiger charge is -2.19. The molecule has 2 rings (SSSR count). The first-order valence-corrected chi connectivity index (χ1v) is 5.39. The number of halogens is 3. The van der Waals surface area contributed by atoms with E-state index in [0.717, 1.165) is 12.5 Å². The molecule has 1 aromatic rings. The van der Waals surface area contributed by atoms with Crippen molar-refractivity contribution in [1.82, 2.24) is 4.98 Å². The number of hydrogen-bond donors (Lipinski definition) is 1. The van der Waals surface area contributed by atoms with Gasteiger partial charge >= 0.3 is 6.18 Å².